The molecule has 1 aromatic carbocycles. The highest BCUT2D eigenvalue weighted by Crippen LogP contribution is 2.41. The maximum atomic E-state index is 14.0. The van der Waals surface area contributed by atoms with Crippen LogP contribution in [0, 0.1) is 5.82 Å². The van der Waals surface area contributed by atoms with Gasteiger partial charge in [0.15, 0.2) is 5.96 Å². The number of carbonyl (C=O) groups excluding carboxylic acids is 1. The standard InChI is InChI=1S/C22H32FN5O/c1-16(21(29)27-9-5-6-10-27)26-11-13-28(14-12-26)22(24-2)25-20-15-18(20)17-7-3-4-8-19(17)23/h3-4,7-8,16,18,20H,5-6,9-15H2,1-2H3,(H,24,25). The summed E-state index contributed by atoms with van der Waals surface area (Å²) in [6.07, 6.45) is 3.19. The van der Waals surface area contributed by atoms with Gasteiger partial charge in [-0.05, 0) is 37.8 Å². The van der Waals surface area contributed by atoms with Gasteiger partial charge >= 0.3 is 0 Å². The van der Waals surface area contributed by atoms with Crippen LogP contribution in [-0.2, 0) is 4.79 Å². The first-order valence-electron chi connectivity index (χ1n) is 10.8. The van der Waals surface area contributed by atoms with Crippen molar-refractivity contribution in [2.24, 2.45) is 4.99 Å². The fourth-order valence-electron chi connectivity index (χ4n) is 4.62. The first-order valence-corrected chi connectivity index (χ1v) is 10.8. The molecule has 3 atom stereocenters. The second-order valence-electron chi connectivity index (χ2n) is 8.39. The highest BCUT2D eigenvalue weighted by atomic mass is 19.1. The minimum Gasteiger partial charge on any atom is -0.353 e. The molecule has 3 aliphatic rings. The highest BCUT2D eigenvalue weighted by Gasteiger charge is 2.41. The summed E-state index contributed by atoms with van der Waals surface area (Å²) < 4.78 is 14.0. The molecule has 2 saturated heterocycles. The summed E-state index contributed by atoms with van der Waals surface area (Å²) in [7, 11) is 1.80. The van der Waals surface area contributed by atoms with Crippen LogP contribution in [0.5, 0.6) is 0 Å². The zero-order valence-electron chi connectivity index (χ0n) is 17.5. The molecule has 2 heterocycles. The SMILES string of the molecule is CN=C(NC1CC1c1ccccc1F)N1CCN(C(C)C(=O)N2CCCC2)CC1. The number of aliphatic imine (C=N–C) groups is 1. The van der Waals surface area contributed by atoms with E-state index in [1.807, 2.05) is 24.0 Å². The number of nitrogens with one attached hydrogen (secondary N) is 1. The molecule has 1 saturated carbocycles. The van der Waals surface area contributed by atoms with Gasteiger partial charge in [-0.1, -0.05) is 18.2 Å². The summed E-state index contributed by atoms with van der Waals surface area (Å²) in [6, 6.07) is 7.22. The number of halogens is 1. The third-order valence-corrected chi connectivity index (χ3v) is 6.56. The van der Waals surface area contributed by atoms with E-state index in [4.69, 9.17) is 0 Å². The monoisotopic (exact) mass is 401 g/mol. The molecule has 7 heteroatoms. The maximum absolute atomic E-state index is 14.0. The minimum atomic E-state index is -0.123. The highest BCUT2D eigenvalue weighted by molar-refractivity contribution is 5.82. The molecule has 1 N–H and O–H groups in total. The molecule has 158 valence electrons. The average Bonchev–Trinajstić information content (AvgIpc) is 3.28. The van der Waals surface area contributed by atoms with E-state index >= 15 is 0 Å². The number of hydrogen-bond acceptors (Lipinski definition) is 3. The first kappa shape index (κ1) is 20.1. The Morgan fingerprint density at radius 2 is 1.79 bits per heavy atom. The van der Waals surface area contributed by atoms with Crippen molar-refractivity contribution in [1.82, 2.24) is 20.0 Å². The second kappa shape index (κ2) is 8.69. The van der Waals surface area contributed by atoms with Gasteiger partial charge in [0, 0.05) is 58.3 Å². The van der Waals surface area contributed by atoms with E-state index in [2.05, 4.69) is 20.1 Å². The molecule has 1 aliphatic carbocycles. The number of benzene rings is 1. The smallest absolute Gasteiger partial charge is 0.239 e. The Labute approximate surface area is 172 Å². The predicted molar refractivity (Wildman–Crippen MR) is 112 cm³/mol. The zero-order valence-corrected chi connectivity index (χ0v) is 17.5. The molecule has 0 bridgehead atoms. The quantitative estimate of drug-likeness (QED) is 0.618. The van der Waals surface area contributed by atoms with Crippen LogP contribution in [0.2, 0.25) is 0 Å². The van der Waals surface area contributed by atoms with Gasteiger partial charge in [-0.15, -0.1) is 0 Å². The summed E-state index contributed by atoms with van der Waals surface area (Å²) in [5, 5.41) is 3.51. The van der Waals surface area contributed by atoms with Gasteiger partial charge in [-0.25, -0.2) is 4.39 Å². The normalized spacial score (nSPS) is 26.5. The van der Waals surface area contributed by atoms with Crippen LogP contribution in [0.3, 0.4) is 0 Å². The van der Waals surface area contributed by atoms with Crippen molar-refractivity contribution in [3.63, 3.8) is 0 Å². The van der Waals surface area contributed by atoms with E-state index in [1.165, 1.54) is 6.07 Å². The Hall–Kier alpha value is -2.15. The zero-order chi connectivity index (χ0) is 20.4. The van der Waals surface area contributed by atoms with Gasteiger partial charge in [0.1, 0.15) is 5.82 Å². The molecule has 2 aliphatic heterocycles. The molecule has 1 amide bonds. The third-order valence-electron chi connectivity index (χ3n) is 6.56. The van der Waals surface area contributed by atoms with Crippen LogP contribution in [0.4, 0.5) is 4.39 Å². The van der Waals surface area contributed by atoms with Crippen LogP contribution in [-0.4, -0.2) is 85.0 Å². The largest absolute Gasteiger partial charge is 0.353 e. The lowest BCUT2D eigenvalue weighted by Crippen LogP contribution is -2.57. The number of amides is 1. The lowest BCUT2D eigenvalue weighted by atomic mass is 10.1. The Morgan fingerprint density at radius 1 is 1.10 bits per heavy atom. The van der Waals surface area contributed by atoms with Crippen molar-refractivity contribution in [2.75, 3.05) is 46.3 Å². The van der Waals surface area contributed by atoms with Crippen molar-refractivity contribution < 1.29 is 9.18 Å². The number of guanidine groups is 1. The third kappa shape index (κ3) is 4.39. The van der Waals surface area contributed by atoms with Crippen LogP contribution in [0.15, 0.2) is 29.3 Å². The van der Waals surface area contributed by atoms with Crippen molar-refractivity contribution in [3.05, 3.63) is 35.6 Å². The van der Waals surface area contributed by atoms with E-state index in [0.717, 1.165) is 70.1 Å². The van der Waals surface area contributed by atoms with Gasteiger partial charge in [-0.2, -0.15) is 0 Å². The van der Waals surface area contributed by atoms with Gasteiger partial charge < -0.3 is 15.1 Å². The van der Waals surface area contributed by atoms with Crippen LogP contribution in [0.1, 0.15) is 37.7 Å². The number of nitrogens with zero attached hydrogens (tertiary/aromatic N) is 4. The summed E-state index contributed by atoms with van der Waals surface area (Å²) >= 11 is 0. The van der Waals surface area contributed by atoms with Crippen LogP contribution >= 0.6 is 0 Å². The van der Waals surface area contributed by atoms with E-state index in [9.17, 15) is 9.18 Å². The number of rotatable bonds is 4. The molecule has 1 aromatic rings. The molecule has 0 radical (unpaired) electrons. The average molecular weight is 402 g/mol. The molecule has 29 heavy (non-hydrogen) atoms. The van der Waals surface area contributed by atoms with Gasteiger partial charge in [0.25, 0.3) is 0 Å². The van der Waals surface area contributed by atoms with Crippen LogP contribution < -0.4 is 5.32 Å². The molecule has 6 nitrogen and oxygen atoms in total. The Balaban J connectivity index is 1.27. The molecule has 3 fully saturated rings. The number of hydrogen-bond donors (Lipinski definition) is 1. The van der Waals surface area contributed by atoms with E-state index in [-0.39, 0.29) is 29.7 Å². The van der Waals surface area contributed by atoms with E-state index < -0.39 is 0 Å². The number of carbonyl (C=O) groups is 1. The number of piperazine rings is 1. The molecule has 3 unspecified atom stereocenters. The minimum absolute atomic E-state index is 0.0564. The molecule has 0 spiro atoms. The second-order valence-corrected chi connectivity index (χ2v) is 8.39. The van der Waals surface area contributed by atoms with Crippen molar-refractivity contribution in [2.45, 2.75) is 44.2 Å². The molecule has 4 rings (SSSR count). The van der Waals surface area contributed by atoms with Gasteiger partial charge in [0.2, 0.25) is 5.91 Å². The lowest BCUT2D eigenvalue weighted by Gasteiger charge is -2.39. The Bertz CT molecular complexity index is 755. The summed E-state index contributed by atoms with van der Waals surface area (Å²) in [5.41, 5.74) is 0.791. The molecular formula is C22H32FN5O. The van der Waals surface area contributed by atoms with Crippen molar-refractivity contribution in [1.29, 1.82) is 0 Å². The van der Waals surface area contributed by atoms with Gasteiger partial charge in [-0.3, -0.25) is 14.7 Å². The van der Waals surface area contributed by atoms with Crippen LogP contribution in [0.25, 0.3) is 0 Å². The Kier molecular flexibility index (Phi) is 6.04. The summed E-state index contributed by atoms with van der Waals surface area (Å²) in [5.74, 6) is 1.24. The molecular weight excluding hydrogens is 369 g/mol. The Morgan fingerprint density at radius 3 is 2.45 bits per heavy atom. The first-order chi connectivity index (χ1) is 14.1. The van der Waals surface area contributed by atoms with Gasteiger partial charge in [0.05, 0.1) is 6.04 Å². The topological polar surface area (TPSA) is 51.2 Å². The lowest BCUT2D eigenvalue weighted by molar-refractivity contribution is -0.135. The van der Waals surface area contributed by atoms with E-state index in [1.54, 1.807) is 13.1 Å². The maximum Gasteiger partial charge on any atom is 0.239 e. The predicted octanol–water partition coefficient (Wildman–Crippen LogP) is 1.89. The fourth-order valence-corrected chi connectivity index (χ4v) is 4.62. The summed E-state index contributed by atoms with van der Waals surface area (Å²) in [4.78, 5) is 23.7. The number of likely N-dealkylation sites (tertiary alicyclic amines) is 1. The van der Waals surface area contributed by atoms with Crippen molar-refractivity contribution in [3.8, 4) is 0 Å². The molecule has 0 aromatic heterocycles. The fraction of sp³-hybridized carbons (Fsp3) is 0.636. The van der Waals surface area contributed by atoms with Crippen molar-refractivity contribution >= 4 is 11.9 Å². The summed E-state index contributed by atoms with van der Waals surface area (Å²) in [6.45, 7) is 7.23. The van der Waals surface area contributed by atoms with E-state index in [0.29, 0.717) is 0 Å².